The molecule has 2 amide bonds. The van der Waals surface area contributed by atoms with Crippen LogP contribution in [-0.4, -0.2) is 59.3 Å². The van der Waals surface area contributed by atoms with Gasteiger partial charge in [0.25, 0.3) is 0 Å². The van der Waals surface area contributed by atoms with Gasteiger partial charge in [0.05, 0.1) is 13.2 Å². The highest BCUT2D eigenvalue weighted by Crippen LogP contribution is 2.18. The molecule has 0 aliphatic carbocycles. The second-order valence-electron chi connectivity index (χ2n) is 16.1. The number of hydrogen-bond donors (Lipinski definition) is 4. The average Bonchev–Trinajstić information content (AvgIpc) is 3.28. The van der Waals surface area contributed by atoms with E-state index in [1.54, 1.807) is 0 Å². The number of rotatable bonds is 43. The summed E-state index contributed by atoms with van der Waals surface area (Å²) in [5.74, 6) is -2.36. The number of esters is 1. The Bertz CT molecular complexity index is 1440. The second kappa shape index (κ2) is 48.0. The quantitative estimate of drug-likeness (QED) is 0.0271. The standard InChI is InChI=1S/C55H88N2O7/c1-3-5-7-9-11-13-15-17-19-20-21-22-23-24-26-28-30-32-34-39-43-47-54(61)64-50(44-40-36-33-31-29-27-25-18-16-14-12-10-8-6-4-2)45-41-37-35-38-42-46-52(59)56-48-53(60)57-51(49-58)55(62)63/h5-8,11-14,17-19,21-22,24-26,29,31,50-51,58H,3-4,9-10,15-16,20,23,27-28,30,32-49H2,1-2H3,(H,56,59)(H,57,60)(H,62,63)/b7-5-,8-6-,13-11-,14-12-,19-17-,22-21-,25-18-,26-24-,31-29-. The first kappa shape index (κ1) is 59.5. The summed E-state index contributed by atoms with van der Waals surface area (Å²) in [6, 6.07) is -1.39. The van der Waals surface area contributed by atoms with Crippen LogP contribution < -0.4 is 10.6 Å². The lowest BCUT2D eigenvalue weighted by molar-refractivity contribution is -0.150. The summed E-state index contributed by atoms with van der Waals surface area (Å²) in [7, 11) is 0. The van der Waals surface area contributed by atoms with E-state index in [-0.39, 0.29) is 30.9 Å². The first-order chi connectivity index (χ1) is 31.3. The lowest BCUT2D eigenvalue weighted by Crippen LogP contribution is -2.47. The Morgan fingerprint density at radius 1 is 0.469 bits per heavy atom. The SMILES string of the molecule is CC/C=C\C/C=C\C/C=C\C/C=C\C/C=C\CCCCCCCC(=O)OC(CCCC/C=C\C/C=C\C/C=C\C/C=C\CC)CCCCCCCC(=O)NCC(=O)NC(CO)C(=O)O. The third-order valence-electron chi connectivity index (χ3n) is 10.3. The van der Waals surface area contributed by atoms with Gasteiger partial charge in [-0.1, -0.05) is 162 Å². The number of carboxylic acids is 1. The summed E-state index contributed by atoms with van der Waals surface area (Å²) >= 11 is 0. The number of amides is 2. The average molecular weight is 889 g/mol. The Balaban J connectivity index is 4.45. The number of nitrogens with one attached hydrogen (secondary N) is 2. The maximum absolute atomic E-state index is 12.9. The van der Waals surface area contributed by atoms with Crippen LogP contribution in [0.3, 0.4) is 0 Å². The number of carbonyl (C=O) groups excluding carboxylic acids is 3. The highest BCUT2D eigenvalue weighted by atomic mass is 16.5. The number of aliphatic hydroxyl groups excluding tert-OH is 1. The zero-order chi connectivity index (χ0) is 46.8. The van der Waals surface area contributed by atoms with E-state index in [9.17, 15) is 19.2 Å². The minimum Gasteiger partial charge on any atom is -0.480 e. The van der Waals surface area contributed by atoms with Crippen molar-refractivity contribution in [2.75, 3.05) is 13.2 Å². The van der Waals surface area contributed by atoms with Gasteiger partial charge >= 0.3 is 11.9 Å². The van der Waals surface area contributed by atoms with Crippen molar-refractivity contribution in [1.82, 2.24) is 10.6 Å². The second-order valence-corrected chi connectivity index (χ2v) is 16.1. The first-order valence-corrected chi connectivity index (χ1v) is 24.8. The van der Waals surface area contributed by atoms with Gasteiger partial charge in [-0.25, -0.2) is 4.79 Å². The molecule has 0 rings (SSSR count). The molecule has 9 heteroatoms. The van der Waals surface area contributed by atoms with Crippen LogP contribution in [-0.2, 0) is 23.9 Å². The molecule has 0 fully saturated rings. The topological polar surface area (TPSA) is 142 Å². The number of carboxylic acid groups (broad SMARTS) is 1. The fraction of sp³-hybridized carbons (Fsp3) is 0.600. The number of allylic oxidation sites excluding steroid dienone is 18. The molecular weight excluding hydrogens is 801 g/mol. The Morgan fingerprint density at radius 3 is 1.30 bits per heavy atom. The summed E-state index contributed by atoms with van der Waals surface area (Å²) in [5, 5.41) is 22.6. The molecule has 360 valence electrons. The molecular formula is C55H88N2O7. The summed E-state index contributed by atoms with van der Waals surface area (Å²) in [4.78, 5) is 47.8. The van der Waals surface area contributed by atoms with Crippen molar-refractivity contribution >= 4 is 23.8 Å². The number of ether oxygens (including phenoxy) is 1. The van der Waals surface area contributed by atoms with Gasteiger partial charge in [-0.2, -0.15) is 0 Å². The molecule has 0 aromatic rings. The lowest BCUT2D eigenvalue weighted by Gasteiger charge is -2.18. The van der Waals surface area contributed by atoms with Crippen molar-refractivity contribution in [2.45, 2.75) is 199 Å². The van der Waals surface area contributed by atoms with Crippen LogP contribution in [0.2, 0.25) is 0 Å². The van der Waals surface area contributed by atoms with Gasteiger partial charge in [-0.05, 0) is 122 Å². The van der Waals surface area contributed by atoms with Gasteiger partial charge < -0.3 is 25.6 Å². The highest BCUT2D eigenvalue weighted by Gasteiger charge is 2.19. The van der Waals surface area contributed by atoms with Gasteiger partial charge in [-0.3, -0.25) is 14.4 Å². The van der Waals surface area contributed by atoms with Crippen LogP contribution in [0.25, 0.3) is 0 Å². The van der Waals surface area contributed by atoms with E-state index < -0.39 is 24.5 Å². The van der Waals surface area contributed by atoms with Crippen molar-refractivity contribution < 1.29 is 34.1 Å². The van der Waals surface area contributed by atoms with E-state index in [4.69, 9.17) is 14.9 Å². The zero-order valence-corrected chi connectivity index (χ0v) is 40.0. The molecule has 0 bridgehead atoms. The molecule has 0 aliphatic rings. The predicted octanol–water partition coefficient (Wildman–Crippen LogP) is 13.2. The van der Waals surface area contributed by atoms with Crippen LogP contribution in [0.4, 0.5) is 0 Å². The largest absolute Gasteiger partial charge is 0.480 e. The van der Waals surface area contributed by atoms with Gasteiger partial charge in [0, 0.05) is 12.8 Å². The Morgan fingerprint density at radius 2 is 0.844 bits per heavy atom. The third kappa shape index (κ3) is 44.1. The minimum atomic E-state index is -1.39. The number of aliphatic hydroxyl groups is 1. The van der Waals surface area contributed by atoms with Crippen LogP contribution in [0, 0.1) is 0 Å². The molecule has 0 aromatic heterocycles. The maximum atomic E-state index is 12.9. The van der Waals surface area contributed by atoms with E-state index in [1.165, 1.54) is 12.8 Å². The van der Waals surface area contributed by atoms with E-state index in [2.05, 4.69) is 134 Å². The molecule has 0 radical (unpaired) electrons. The molecule has 2 atom stereocenters. The van der Waals surface area contributed by atoms with Gasteiger partial charge in [0.2, 0.25) is 11.8 Å². The lowest BCUT2D eigenvalue weighted by atomic mass is 10.0. The van der Waals surface area contributed by atoms with Crippen LogP contribution in [0.15, 0.2) is 109 Å². The Labute approximate surface area is 389 Å². The highest BCUT2D eigenvalue weighted by molar-refractivity contribution is 5.87. The normalized spacial score (nSPS) is 13.4. The van der Waals surface area contributed by atoms with Crippen molar-refractivity contribution in [1.29, 1.82) is 0 Å². The number of unbranched alkanes of at least 4 members (excludes halogenated alkanes) is 11. The maximum Gasteiger partial charge on any atom is 0.328 e. The Kier molecular flexibility index (Phi) is 44.6. The van der Waals surface area contributed by atoms with Gasteiger partial charge in [-0.15, -0.1) is 0 Å². The molecule has 0 aromatic carbocycles. The Hall–Kier alpha value is -4.50. The van der Waals surface area contributed by atoms with Crippen molar-refractivity contribution in [3.63, 3.8) is 0 Å². The summed E-state index contributed by atoms with van der Waals surface area (Å²) < 4.78 is 6.03. The van der Waals surface area contributed by atoms with Crippen molar-refractivity contribution in [3.05, 3.63) is 109 Å². The molecule has 0 saturated carbocycles. The number of aliphatic carboxylic acids is 1. The van der Waals surface area contributed by atoms with Gasteiger partial charge in [0.1, 0.15) is 12.1 Å². The minimum absolute atomic E-state index is 0.0723. The molecule has 9 nitrogen and oxygen atoms in total. The third-order valence-corrected chi connectivity index (χ3v) is 10.3. The molecule has 2 unspecified atom stereocenters. The summed E-state index contributed by atoms with van der Waals surface area (Å²) in [6.07, 6.45) is 65.4. The smallest absolute Gasteiger partial charge is 0.328 e. The van der Waals surface area contributed by atoms with E-state index >= 15 is 0 Å². The molecule has 4 N–H and O–H groups in total. The predicted molar refractivity (Wildman–Crippen MR) is 268 cm³/mol. The van der Waals surface area contributed by atoms with E-state index in [1.807, 2.05) is 0 Å². The van der Waals surface area contributed by atoms with E-state index in [0.717, 1.165) is 141 Å². The van der Waals surface area contributed by atoms with Crippen LogP contribution >= 0.6 is 0 Å². The summed E-state index contributed by atoms with van der Waals surface area (Å²) in [5.41, 5.74) is 0. The van der Waals surface area contributed by atoms with Gasteiger partial charge in [0.15, 0.2) is 0 Å². The fourth-order valence-electron chi connectivity index (χ4n) is 6.56. The van der Waals surface area contributed by atoms with E-state index in [0.29, 0.717) is 12.8 Å². The van der Waals surface area contributed by atoms with Crippen LogP contribution in [0.1, 0.15) is 187 Å². The van der Waals surface area contributed by atoms with Crippen molar-refractivity contribution in [2.24, 2.45) is 0 Å². The molecule has 0 spiro atoms. The zero-order valence-electron chi connectivity index (χ0n) is 40.0. The number of hydrogen-bond acceptors (Lipinski definition) is 6. The number of carbonyl (C=O) groups is 4. The first-order valence-electron chi connectivity index (χ1n) is 24.8. The molecule has 0 aliphatic heterocycles. The molecule has 64 heavy (non-hydrogen) atoms. The summed E-state index contributed by atoms with van der Waals surface area (Å²) in [6.45, 7) is 3.24. The van der Waals surface area contributed by atoms with Crippen molar-refractivity contribution in [3.8, 4) is 0 Å². The molecule has 0 saturated heterocycles. The monoisotopic (exact) mass is 889 g/mol. The fourth-order valence-corrected chi connectivity index (χ4v) is 6.56. The molecule has 0 heterocycles. The van der Waals surface area contributed by atoms with Crippen LogP contribution in [0.5, 0.6) is 0 Å².